The number of hydrogen-bond donors (Lipinski definition) is 1. The van der Waals surface area contributed by atoms with Gasteiger partial charge in [-0.3, -0.25) is 4.79 Å². The molecule has 0 spiro atoms. The summed E-state index contributed by atoms with van der Waals surface area (Å²) in [7, 11) is 0. The first kappa shape index (κ1) is 10.8. The molecule has 1 aliphatic rings. The second-order valence-electron chi connectivity index (χ2n) is 3.36. The van der Waals surface area contributed by atoms with Crippen molar-refractivity contribution in [2.75, 3.05) is 19.0 Å². The number of aliphatic hydroxyl groups excluding tert-OH is 1. The van der Waals surface area contributed by atoms with E-state index in [0.29, 0.717) is 12.3 Å². The van der Waals surface area contributed by atoms with E-state index in [2.05, 4.69) is 0 Å². The highest BCUT2D eigenvalue weighted by Gasteiger charge is 2.27. The fourth-order valence-electron chi connectivity index (χ4n) is 1.72. The average molecular weight is 206 g/mol. The molecule has 0 radical (unpaired) electrons. The Bertz CT molecular complexity index is 175. The lowest BCUT2D eigenvalue weighted by atomic mass is 10.2. The minimum atomic E-state index is 0.0582. The summed E-state index contributed by atoms with van der Waals surface area (Å²) in [6.07, 6.45) is 3.19. The Morgan fingerprint density at radius 1 is 1.62 bits per heavy atom. The van der Waals surface area contributed by atoms with Crippen LogP contribution in [-0.4, -0.2) is 41.0 Å². The van der Waals surface area contributed by atoms with Crippen molar-refractivity contribution in [3.63, 3.8) is 0 Å². The summed E-state index contributed by atoms with van der Waals surface area (Å²) in [5.41, 5.74) is 0. The van der Waals surface area contributed by atoms with Crippen LogP contribution in [0.1, 0.15) is 25.7 Å². The molecule has 0 bridgehead atoms. The molecule has 0 saturated carbocycles. The van der Waals surface area contributed by atoms with Crippen LogP contribution in [0, 0.1) is 0 Å². The number of nitrogens with zero attached hydrogens (tertiary/aromatic N) is 1. The lowest BCUT2D eigenvalue weighted by Crippen LogP contribution is -2.37. The molecule has 0 aliphatic carbocycles. The molecule has 1 atom stereocenters. The zero-order chi connectivity index (χ0) is 9.68. The van der Waals surface area contributed by atoms with Gasteiger partial charge in [0.2, 0.25) is 5.91 Å². The third-order valence-corrected chi connectivity index (χ3v) is 2.70. The normalized spacial score (nSPS) is 22.3. The maximum Gasteiger partial charge on any atom is 0.222 e. The Hall–Kier alpha value is -0.280. The molecule has 3 nitrogen and oxygen atoms in total. The van der Waals surface area contributed by atoms with E-state index < -0.39 is 0 Å². The van der Waals surface area contributed by atoms with Crippen molar-refractivity contribution in [3.8, 4) is 0 Å². The topological polar surface area (TPSA) is 40.5 Å². The first-order valence-corrected chi connectivity index (χ1v) is 5.29. The number of likely N-dealkylation sites (tertiary alicyclic amines) is 1. The van der Waals surface area contributed by atoms with Gasteiger partial charge in [0, 0.05) is 18.8 Å². The summed E-state index contributed by atoms with van der Waals surface area (Å²) in [5, 5.41) is 8.99. The summed E-state index contributed by atoms with van der Waals surface area (Å²) in [5.74, 6) is 0.667. The van der Waals surface area contributed by atoms with E-state index in [-0.39, 0.29) is 18.6 Å². The molecule has 4 heteroatoms. The molecule has 0 aromatic heterocycles. The van der Waals surface area contributed by atoms with Gasteiger partial charge in [-0.2, -0.15) is 0 Å². The number of halogens is 1. The van der Waals surface area contributed by atoms with E-state index in [1.165, 1.54) is 0 Å². The quantitative estimate of drug-likeness (QED) is 0.696. The fraction of sp³-hybridized carbons (Fsp3) is 0.889. The molecular formula is C9H16ClNO2. The molecule has 0 aromatic carbocycles. The second-order valence-corrected chi connectivity index (χ2v) is 3.74. The SMILES string of the molecule is O=C(CCCCl)N1CCC[C@@H]1CO. The van der Waals surface area contributed by atoms with Crippen LogP contribution in [0.15, 0.2) is 0 Å². The van der Waals surface area contributed by atoms with Crippen LogP contribution in [0.5, 0.6) is 0 Å². The molecule has 1 aliphatic heterocycles. The molecule has 1 saturated heterocycles. The number of carbonyl (C=O) groups excluding carboxylic acids is 1. The van der Waals surface area contributed by atoms with Gasteiger partial charge in [-0.15, -0.1) is 11.6 Å². The van der Waals surface area contributed by atoms with Gasteiger partial charge in [-0.1, -0.05) is 0 Å². The van der Waals surface area contributed by atoms with Gasteiger partial charge in [-0.05, 0) is 19.3 Å². The van der Waals surface area contributed by atoms with Crippen LogP contribution in [0.4, 0.5) is 0 Å². The molecule has 1 rings (SSSR count). The van der Waals surface area contributed by atoms with E-state index in [1.807, 2.05) is 0 Å². The standard InChI is InChI=1S/C9H16ClNO2/c10-5-1-4-9(13)11-6-2-3-8(11)7-12/h8,12H,1-7H2/t8-/m1/s1. The van der Waals surface area contributed by atoms with E-state index in [4.69, 9.17) is 16.7 Å². The van der Waals surface area contributed by atoms with Crippen molar-refractivity contribution >= 4 is 17.5 Å². The van der Waals surface area contributed by atoms with Crippen molar-refractivity contribution in [1.29, 1.82) is 0 Å². The van der Waals surface area contributed by atoms with Crippen LogP contribution < -0.4 is 0 Å². The molecule has 13 heavy (non-hydrogen) atoms. The first-order chi connectivity index (χ1) is 6.29. The molecule has 1 fully saturated rings. The third-order valence-electron chi connectivity index (χ3n) is 2.43. The fourth-order valence-corrected chi connectivity index (χ4v) is 1.85. The van der Waals surface area contributed by atoms with Gasteiger partial charge in [-0.25, -0.2) is 0 Å². The zero-order valence-corrected chi connectivity index (χ0v) is 8.46. The van der Waals surface area contributed by atoms with Crippen LogP contribution in [-0.2, 0) is 4.79 Å². The van der Waals surface area contributed by atoms with Gasteiger partial charge < -0.3 is 10.0 Å². The average Bonchev–Trinajstić information content (AvgIpc) is 2.61. The van der Waals surface area contributed by atoms with E-state index in [9.17, 15) is 4.79 Å². The highest BCUT2D eigenvalue weighted by molar-refractivity contribution is 6.17. The monoisotopic (exact) mass is 205 g/mol. The maximum atomic E-state index is 11.5. The van der Waals surface area contributed by atoms with E-state index in [0.717, 1.165) is 25.8 Å². The van der Waals surface area contributed by atoms with Gasteiger partial charge in [0.05, 0.1) is 12.6 Å². The summed E-state index contributed by atoms with van der Waals surface area (Å²) >= 11 is 5.50. The highest BCUT2D eigenvalue weighted by Crippen LogP contribution is 2.17. The van der Waals surface area contributed by atoms with Crippen molar-refractivity contribution in [2.24, 2.45) is 0 Å². The number of aliphatic hydroxyl groups is 1. The van der Waals surface area contributed by atoms with Crippen LogP contribution >= 0.6 is 11.6 Å². The first-order valence-electron chi connectivity index (χ1n) is 4.76. The summed E-state index contributed by atoms with van der Waals surface area (Å²) in [4.78, 5) is 13.3. The number of rotatable bonds is 4. The predicted molar refractivity (Wildman–Crippen MR) is 51.8 cm³/mol. The molecule has 1 heterocycles. The molecule has 1 amide bonds. The van der Waals surface area contributed by atoms with Gasteiger partial charge >= 0.3 is 0 Å². The lowest BCUT2D eigenvalue weighted by molar-refractivity contribution is -0.132. The van der Waals surface area contributed by atoms with Gasteiger partial charge in [0.1, 0.15) is 0 Å². The van der Waals surface area contributed by atoms with Gasteiger partial charge in [0.25, 0.3) is 0 Å². The molecule has 0 unspecified atom stereocenters. The Morgan fingerprint density at radius 3 is 3.00 bits per heavy atom. The Labute approximate surface area is 83.7 Å². The Morgan fingerprint density at radius 2 is 2.38 bits per heavy atom. The van der Waals surface area contributed by atoms with E-state index >= 15 is 0 Å². The van der Waals surface area contributed by atoms with Crippen molar-refractivity contribution in [1.82, 2.24) is 4.90 Å². The molecule has 0 aromatic rings. The number of carbonyl (C=O) groups is 1. The summed E-state index contributed by atoms with van der Waals surface area (Å²) < 4.78 is 0. The Kier molecular flexibility index (Phi) is 4.53. The van der Waals surface area contributed by atoms with Crippen LogP contribution in [0.3, 0.4) is 0 Å². The number of alkyl halides is 1. The molecular weight excluding hydrogens is 190 g/mol. The third kappa shape index (κ3) is 2.85. The number of hydrogen-bond acceptors (Lipinski definition) is 2. The zero-order valence-electron chi connectivity index (χ0n) is 7.71. The minimum Gasteiger partial charge on any atom is -0.394 e. The second kappa shape index (κ2) is 5.45. The van der Waals surface area contributed by atoms with Crippen molar-refractivity contribution in [3.05, 3.63) is 0 Å². The van der Waals surface area contributed by atoms with E-state index in [1.54, 1.807) is 4.90 Å². The predicted octanol–water partition coefficient (Wildman–Crippen LogP) is 0.989. The van der Waals surface area contributed by atoms with Gasteiger partial charge in [0.15, 0.2) is 0 Å². The minimum absolute atomic E-state index is 0.0582. The highest BCUT2D eigenvalue weighted by atomic mass is 35.5. The lowest BCUT2D eigenvalue weighted by Gasteiger charge is -2.22. The number of amides is 1. The largest absolute Gasteiger partial charge is 0.394 e. The molecule has 1 N–H and O–H groups in total. The maximum absolute atomic E-state index is 11.5. The van der Waals surface area contributed by atoms with Crippen LogP contribution in [0.2, 0.25) is 0 Å². The molecule has 76 valence electrons. The summed E-state index contributed by atoms with van der Waals surface area (Å²) in [6, 6.07) is 0.0582. The summed E-state index contributed by atoms with van der Waals surface area (Å²) in [6.45, 7) is 0.888. The Balaban J connectivity index is 2.36. The van der Waals surface area contributed by atoms with Crippen molar-refractivity contribution < 1.29 is 9.90 Å². The van der Waals surface area contributed by atoms with Crippen molar-refractivity contribution in [2.45, 2.75) is 31.7 Å². The smallest absolute Gasteiger partial charge is 0.222 e. The van der Waals surface area contributed by atoms with Crippen LogP contribution in [0.25, 0.3) is 0 Å².